The first kappa shape index (κ1) is 13.0. The maximum absolute atomic E-state index is 9.64. The van der Waals surface area contributed by atoms with Crippen LogP contribution in [0.3, 0.4) is 0 Å². The highest BCUT2D eigenvalue weighted by Gasteiger charge is 2.15. The number of aliphatic hydroxyl groups excluding tert-OH is 2. The lowest BCUT2D eigenvalue weighted by Crippen LogP contribution is -2.26. The molecule has 1 aromatic rings. The maximum Gasteiger partial charge on any atom is 0.125 e. The quantitative estimate of drug-likeness (QED) is 0.824. The van der Waals surface area contributed by atoms with Gasteiger partial charge in [-0.1, -0.05) is 11.6 Å². The highest BCUT2D eigenvalue weighted by molar-refractivity contribution is 5.38. The zero-order valence-electron chi connectivity index (χ0n) is 10.3. The summed E-state index contributed by atoms with van der Waals surface area (Å²) in [6.45, 7) is 7.15. The van der Waals surface area contributed by atoms with Gasteiger partial charge in [-0.2, -0.15) is 0 Å². The Balaban J connectivity index is 2.95. The van der Waals surface area contributed by atoms with Crippen molar-refractivity contribution in [2.24, 2.45) is 0 Å². The van der Waals surface area contributed by atoms with Crippen LogP contribution in [-0.4, -0.2) is 22.4 Å². The lowest BCUT2D eigenvalue weighted by atomic mass is 10.1. The molecule has 0 fully saturated rings. The van der Waals surface area contributed by atoms with E-state index in [9.17, 15) is 10.2 Å². The smallest absolute Gasteiger partial charge is 0.125 e. The van der Waals surface area contributed by atoms with Crippen molar-refractivity contribution < 1.29 is 14.9 Å². The highest BCUT2D eigenvalue weighted by atomic mass is 16.5. The molecule has 0 aliphatic heterocycles. The van der Waals surface area contributed by atoms with E-state index >= 15 is 0 Å². The van der Waals surface area contributed by atoms with Gasteiger partial charge < -0.3 is 14.9 Å². The van der Waals surface area contributed by atoms with Crippen LogP contribution in [0.4, 0.5) is 0 Å². The second-order valence-corrected chi connectivity index (χ2v) is 4.28. The largest absolute Gasteiger partial charge is 0.488 e. The molecular weight excluding hydrogens is 204 g/mol. The summed E-state index contributed by atoms with van der Waals surface area (Å²) in [5.41, 5.74) is 1.83. The summed E-state index contributed by atoms with van der Waals surface area (Å²) in [4.78, 5) is 0. The monoisotopic (exact) mass is 224 g/mol. The van der Waals surface area contributed by atoms with Crippen molar-refractivity contribution in [1.82, 2.24) is 0 Å². The van der Waals surface area contributed by atoms with Gasteiger partial charge in [0.25, 0.3) is 0 Å². The molecule has 2 N–H and O–H groups in total. The Labute approximate surface area is 96.7 Å². The van der Waals surface area contributed by atoms with Crippen molar-refractivity contribution in [3.8, 4) is 5.75 Å². The summed E-state index contributed by atoms with van der Waals surface area (Å²) in [6.07, 6.45) is -1.40. The average molecular weight is 224 g/mol. The molecule has 3 heteroatoms. The van der Waals surface area contributed by atoms with E-state index in [-0.39, 0.29) is 6.10 Å². The zero-order valence-corrected chi connectivity index (χ0v) is 10.3. The molecule has 0 saturated heterocycles. The van der Waals surface area contributed by atoms with Crippen LogP contribution >= 0.6 is 0 Å². The normalized spacial score (nSPS) is 16.6. The van der Waals surface area contributed by atoms with Crippen LogP contribution in [0.2, 0.25) is 0 Å². The Kier molecular flexibility index (Phi) is 4.33. The molecule has 3 nitrogen and oxygen atoms in total. The average Bonchev–Trinajstić information content (AvgIpc) is 2.20. The summed E-state index contributed by atoms with van der Waals surface area (Å²) in [6, 6.07) is 5.65. The van der Waals surface area contributed by atoms with E-state index in [1.807, 2.05) is 25.1 Å². The number of aryl methyl sites for hydroxylation is 1. The molecule has 0 aliphatic rings. The third-order valence-corrected chi connectivity index (χ3v) is 2.61. The molecule has 0 aliphatic carbocycles. The predicted molar refractivity (Wildman–Crippen MR) is 63.6 cm³/mol. The summed E-state index contributed by atoms with van der Waals surface area (Å²) in [5.74, 6) is 0.633. The Morgan fingerprint density at radius 1 is 1.12 bits per heavy atom. The first-order valence-electron chi connectivity index (χ1n) is 5.55. The summed E-state index contributed by atoms with van der Waals surface area (Å²) < 4.78 is 5.61. The topological polar surface area (TPSA) is 49.7 Å². The fourth-order valence-electron chi connectivity index (χ4n) is 1.40. The van der Waals surface area contributed by atoms with Crippen molar-refractivity contribution in [2.45, 2.75) is 46.0 Å². The lowest BCUT2D eigenvalue weighted by Gasteiger charge is -2.20. The molecule has 0 spiro atoms. The van der Waals surface area contributed by atoms with Crippen LogP contribution in [0.1, 0.15) is 38.0 Å². The van der Waals surface area contributed by atoms with Crippen LogP contribution in [-0.2, 0) is 0 Å². The van der Waals surface area contributed by atoms with E-state index in [2.05, 4.69) is 0 Å². The fraction of sp³-hybridized carbons (Fsp3) is 0.538. The standard InChI is InChI=1S/C13H20O3/c1-8-5-6-13(12(7-8)10(3)15)16-11(4)9(2)14/h5-7,9-11,14-15H,1-4H3/t9?,10-,11?/m0/s1. The van der Waals surface area contributed by atoms with Crippen LogP contribution < -0.4 is 4.74 Å². The molecule has 0 saturated carbocycles. The first-order chi connectivity index (χ1) is 7.41. The molecule has 0 radical (unpaired) electrons. The van der Waals surface area contributed by atoms with Gasteiger partial charge in [0.05, 0.1) is 12.2 Å². The molecule has 3 atom stereocenters. The van der Waals surface area contributed by atoms with Crippen LogP contribution in [0, 0.1) is 6.92 Å². The van der Waals surface area contributed by atoms with Gasteiger partial charge in [0.2, 0.25) is 0 Å². The molecule has 90 valence electrons. The van der Waals surface area contributed by atoms with Crippen LogP contribution in [0.5, 0.6) is 5.75 Å². The van der Waals surface area contributed by atoms with Gasteiger partial charge in [-0.15, -0.1) is 0 Å². The van der Waals surface area contributed by atoms with Crippen molar-refractivity contribution in [3.63, 3.8) is 0 Å². The second kappa shape index (κ2) is 5.32. The Hall–Kier alpha value is -1.06. The van der Waals surface area contributed by atoms with Gasteiger partial charge in [0, 0.05) is 5.56 Å². The number of rotatable bonds is 4. The van der Waals surface area contributed by atoms with Gasteiger partial charge in [0.15, 0.2) is 0 Å². The Morgan fingerprint density at radius 3 is 2.25 bits per heavy atom. The third kappa shape index (κ3) is 3.22. The summed E-state index contributed by atoms with van der Waals surface area (Å²) in [7, 11) is 0. The predicted octanol–water partition coefficient (Wildman–Crippen LogP) is 2.20. The third-order valence-electron chi connectivity index (χ3n) is 2.61. The van der Waals surface area contributed by atoms with E-state index in [0.717, 1.165) is 11.1 Å². The molecular formula is C13H20O3. The highest BCUT2D eigenvalue weighted by Crippen LogP contribution is 2.27. The lowest BCUT2D eigenvalue weighted by molar-refractivity contribution is 0.0577. The van der Waals surface area contributed by atoms with Crippen molar-refractivity contribution >= 4 is 0 Å². The minimum absolute atomic E-state index is 0.291. The first-order valence-corrected chi connectivity index (χ1v) is 5.55. The molecule has 0 aromatic heterocycles. The fourth-order valence-corrected chi connectivity index (χ4v) is 1.40. The van der Waals surface area contributed by atoms with E-state index < -0.39 is 12.2 Å². The summed E-state index contributed by atoms with van der Waals surface area (Å²) >= 11 is 0. The molecule has 0 heterocycles. The molecule has 0 amide bonds. The van der Waals surface area contributed by atoms with Crippen LogP contribution in [0.15, 0.2) is 18.2 Å². The summed E-state index contributed by atoms with van der Waals surface area (Å²) in [5, 5.41) is 19.0. The minimum Gasteiger partial charge on any atom is -0.488 e. The van der Waals surface area contributed by atoms with E-state index in [1.165, 1.54) is 0 Å². The maximum atomic E-state index is 9.64. The number of benzene rings is 1. The minimum atomic E-state index is -0.573. The molecule has 1 rings (SSSR count). The molecule has 1 aromatic carbocycles. The number of ether oxygens (including phenoxy) is 1. The van der Waals surface area contributed by atoms with Crippen molar-refractivity contribution in [2.75, 3.05) is 0 Å². The zero-order chi connectivity index (χ0) is 12.3. The van der Waals surface area contributed by atoms with Crippen molar-refractivity contribution in [3.05, 3.63) is 29.3 Å². The Morgan fingerprint density at radius 2 is 1.75 bits per heavy atom. The van der Waals surface area contributed by atoms with Gasteiger partial charge in [0.1, 0.15) is 11.9 Å². The molecule has 0 bridgehead atoms. The second-order valence-electron chi connectivity index (χ2n) is 4.28. The van der Waals surface area contributed by atoms with E-state index in [1.54, 1.807) is 20.8 Å². The SMILES string of the molecule is Cc1ccc(OC(C)C(C)O)c([C@H](C)O)c1. The Bertz CT molecular complexity index is 345. The van der Waals surface area contributed by atoms with Crippen molar-refractivity contribution in [1.29, 1.82) is 0 Å². The van der Waals surface area contributed by atoms with Crippen LogP contribution in [0.25, 0.3) is 0 Å². The van der Waals surface area contributed by atoms with E-state index in [4.69, 9.17) is 4.74 Å². The van der Waals surface area contributed by atoms with E-state index in [0.29, 0.717) is 5.75 Å². The molecule has 2 unspecified atom stereocenters. The molecule has 16 heavy (non-hydrogen) atoms. The number of hydrogen-bond acceptors (Lipinski definition) is 3. The van der Waals surface area contributed by atoms with Gasteiger partial charge in [-0.05, 0) is 39.8 Å². The van der Waals surface area contributed by atoms with Gasteiger partial charge >= 0.3 is 0 Å². The van der Waals surface area contributed by atoms with Gasteiger partial charge in [-0.25, -0.2) is 0 Å². The number of hydrogen-bond donors (Lipinski definition) is 2. The van der Waals surface area contributed by atoms with Gasteiger partial charge in [-0.3, -0.25) is 0 Å². The number of aliphatic hydroxyl groups is 2.